The summed E-state index contributed by atoms with van der Waals surface area (Å²) in [6.07, 6.45) is 5.49. The van der Waals surface area contributed by atoms with Crippen LogP contribution < -0.4 is 0 Å². The first-order valence-electron chi connectivity index (χ1n) is 10.2. The largest absolute Gasteiger partial charge is 0.390 e. The van der Waals surface area contributed by atoms with Crippen LogP contribution in [0.15, 0.2) is 23.8 Å². The molecule has 0 aromatic carbocycles. The molecule has 3 saturated carbocycles. The summed E-state index contributed by atoms with van der Waals surface area (Å²) >= 11 is 0. The minimum absolute atomic E-state index is 0.0872. The van der Waals surface area contributed by atoms with Crippen LogP contribution in [-0.4, -0.2) is 16.5 Å². The monoisotopic (exact) mass is 303 g/mol. The van der Waals surface area contributed by atoms with Gasteiger partial charge in [-0.15, -0.1) is 0 Å². The summed E-state index contributed by atoms with van der Waals surface area (Å²) in [6.45, 7) is 6.20. The Kier molecular flexibility index (Phi) is 2.29. The van der Waals surface area contributed by atoms with Crippen LogP contribution in [0.1, 0.15) is 63.4 Å². The van der Waals surface area contributed by atoms with Crippen molar-refractivity contribution in [2.75, 3.05) is 0 Å². The van der Waals surface area contributed by atoms with Gasteiger partial charge in [0, 0.05) is 6.79 Å². The Morgan fingerprint density at radius 2 is 1.95 bits per heavy atom. The molecule has 0 aliphatic heterocycles. The van der Waals surface area contributed by atoms with Crippen LogP contribution in [0.25, 0.3) is 0 Å². The summed E-state index contributed by atoms with van der Waals surface area (Å²) in [5.74, 6) is 0.411. The Bertz CT molecular complexity index is 710. The maximum Gasteiger partial charge on any atom is 0.178 e. The maximum atomic E-state index is 12.1. The number of carbonyl (C=O) groups is 1. The number of hydrogen-bond acceptors (Lipinski definition) is 2. The third-order valence-electron chi connectivity index (χ3n) is 7.70. The second-order valence-corrected chi connectivity index (χ2v) is 8.52. The second-order valence-electron chi connectivity index (χ2n) is 8.52. The van der Waals surface area contributed by atoms with E-state index in [-0.39, 0.29) is 23.4 Å². The standard InChI is InChI=1S/C20H28O2/c1-18-9-6-14(21)12-13(18)4-5-15-16(18)7-10-19(2)17(15)8-11-20(19,3)22/h6,9,12,15-17,22H,4-5,7-8,10-11H2,1-3H3/t15-,16+,17+,18+,19+,20+/m1/s1/i4D,6D,12D/t4-,15+,16-,17-,18-,19-,20-/m0. The molecule has 1 N–H and O–H groups in total. The molecule has 22 heavy (non-hydrogen) atoms. The lowest BCUT2D eigenvalue weighted by Crippen LogP contribution is -2.53. The molecule has 0 heterocycles. The van der Waals surface area contributed by atoms with Gasteiger partial charge in [-0.05, 0) is 80.7 Å². The average Bonchev–Trinajstić information content (AvgIpc) is 2.75. The molecule has 0 unspecified atom stereocenters. The van der Waals surface area contributed by atoms with Gasteiger partial charge in [-0.25, -0.2) is 0 Å². The zero-order valence-corrected chi connectivity index (χ0v) is 13.8. The summed E-state index contributed by atoms with van der Waals surface area (Å²) in [5, 5.41) is 10.9. The van der Waals surface area contributed by atoms with Crippen molar-refractivity contribution in [3.8, 4) is 0 Å². The molecule has 0 saturated heterocycles. The van der Waals surface area contributed by atoms with Gasteiger partial charge in [-0.2, -0.15) is 0 Å². The molecule has 0 radical (unpaired) electrons. The predicted molar refractivity (Wildman–Crippen MR) is 87.2 cm³/mol. The van der Waals surface area contributed by atoms with Crippen molar-refractivity contribution in [1.29, 1.82) is 0 Å². The van der Waals surface area contributed by atoms with Gasteiger partial charge in [-0.1, -0.05) is 25.5 Å². The molecule has 2 nitrogen and oxygen atoms in total. The molecule has 0 aromatic rings. The number of fused-ring (bicyclic) bond motifs is 5. The van der Waals surface area contributed by atoms with Crippen LogP contribution in [0.4, 0.5) is 0 Å². The smallest absolute Gasteiger partial charge is 0.178 e. The molecule has 4 aliphatic rings. The molecule has 2 heteroatoms. The van der Waals surface area contributed by atoms with E-state index in [1.807, 2.05) is 13.8 Å². The molecule has 0 bridgehead atoms. The highest BCUT2D eigenvalue weighted by Crippen LogP contribution is 2.66. The van der Waals surface area contributed by atoms with Gasteiger partial charge in [-0.3, -0.25) is 4.79 Å². The SMILES string of the molecule is [2H]C1=C[C@@]2(C)C(=C([2H])C1=O)[C@@H]([2H])C[C@@H]1[C@@H]2CC[C@@]2(C)[C@H]1CC[C@]2(C)O. The number of aliphatic hydroxyl groups is 1. The molecule has 4 aliphatic carbocycles. The first kappa shape index (κ1) is 11.6. The van der Waals surface area contributed by atoms with Crippen LogP contribution in [0, 0.1) is 28.6 Å². The highest BCUT2D eigenvalue weighted by Gasteiger charge is 2.61. The summed E-state index contributed by atoms with van der Waals surface area (Å²) in [5.41, 5.74) is -0.680. The summed E-state index contributed by atoms with van der Waals surface area (Å²) < 4.78 is 24.9. The van der Waals surface area contributed by atoms with Gasteiger partial charge in [0.1, 0.15) is 0 Å². The first-order chi connectivity index (χ1) is 11.5. The Morgan fingerprint density at radius 3 is 2.73 bits per heavy atom. The van der Waals surface area contributed by atoms with Crippen LogP contribution in [0.5, 0.6) is 0 Å². The third-order valence-corrected chi connectivity index (χ3v) is 7.70. The van der Waals surface area contributed by atoms with Gasteiger partial charge in [0.15, 0.2) is 5.78 Å². The minimum Gasteiger partial charge on any atom is -0.390 e. The highest BCUT2D eigenvalue weighted by atomic mass is 16.3. The van der Waals surface area contributed by atoms with E-state index in [0.29, 0.717) is 23.8 Å². The second kappa shape index (κ2) is 4.35. The van der Waals surface area contributed by atoms with E-state index < -0.39 is 23.2 Å². The zero-order valence-electron chi connectivity index (χ0n) is 16.8. The van der Waals surface area contributed by atoms with Crippen molar-refractivity contribution in [2.24, 2.45) is 28.6 Å². The van der Waals surface area contributed by atoms with Crippen molar-refractivity contribution in [3.63, 3.8) is 0 Å². The molecular weight excluding hydrogens is 272 g/mol. The van der Waals surface area contributed by atoms with Crippen molar-refractivity contribution in [2.45, 2.75) is 64.9 Å². The molecule has 4 rings (SSSR count). The van der Waals surface area contributed by atoms with Crippen molar-refractivity contribution >= 4 is 5.78 Å². The van der Waals surface area contributed by atoms with Crippen molar-refractivity contribution < 1.29 is 14.0 Å². The number of hydrogen-bond donors (Lipinski definition) is 1. The van der Waals surface area contributed by atoms with E-state index in [4.69, 9.17) is 4.11 Å². The number of ketones is 1. The van der Waals surface area contributed by atoms with Gasteiger partial charge in [0.05, 0.1) is 8.34 Å². The molecule has 3 fully saturated rings. The lowest BCUT2D eigenvalue weighted by atomic mass is 9.47. The van der Waals surface area contributed by atoms with Crippen LogP contribution >= 0.6 is 0 Å². The van der Waals surface area contributed by atoms with E-state index >= 15 is 0 Å². The van der Waals surface area contributed by atoms with E-state index in [1.165, 1.54) is 0 Å². The predicted octanol–water partition coefficient (Wildman–Crippen LogP) is 4.05. The summed E-state index contributed by atoms with van der Waals surface area (Å²) in [7, 11) is 0. The van der Waals surface area contributed by atoms with Gasteiger partial charge in [0.25, 0.3) is 0 Å². The van der Waals surface area contributed by atoms with E-state index in [1.54, 1.807) is 6.08 Å². The van der Waals surface area contributed by atoms with Crippen LogP contribution in [0.2, 0.25) is 0 Å². The highest BCUT2D eigenvalue weighted by molar-refractivity contribution is 6.01. The van der Waals surface area contributed by atoms with Crippen molar-refractivity contribution in [1.82, 2.24) is 0 Å². The van der Waals surface area contributed by atoms with E-state index in [0.717, 1.165) is 25.7 Å². The number of rotatable bonds is 0. The number of carbonyl (C=O) groups excluding carboxylic acids is 1. The molecule has 7 atom stereocenters. The Labute approximate surface area is 137 Å². The van der Waals surface area contributed by atoms with Gasteiger partial charge < -0.3 is 5.11 Å². The minimum atomic E-state index is -0.656. The van der Waals surface area contributed by atoms with Crippen molar-refractivity contribution in [3.05, 3.63) is 23.8 Å². The Morgan fingerprint density at radius 1 is 1.23 bits per heavy atom. The first-order valence-corrected chi connectivity index (χ1v) is 8.63. The Balaban J connectivity index is 1.80. The van der Waals surface area contributed by atoms with Crippen LogP contribution in [0.3, 0.4) is 0 Å². The fraction of sp³-hybridized carbons (Fsp3) is 0.750. The van der Waals surface area contributed by atoms with E-state index in [9.17, 15) is 9.90 Å². The lowest BCUT2D eigenvalue weighted by Gasteiger charge is -2.57. The summed E-state index contributed by atoms with van der Waals surface area (Å²) in [4.78, 5) is 12.1. The quantitative estimate of drug-likeness (QED) is 0.733. The topological polar surface area (TPSA) is 37.3 Å². The fourth-order valence-corrected chi connectivity index (χ4v) is 6.02. The van der Waals surface area contributed by atoms with Crippen LogP contribution in [-0.2, 0) is 4.79 Å². The van der Waals surface area contributed by atoms with Gasteiger partial charge in [0.2, 0.25) is 0 Å². The van der Waals surface area contributed by atoms with Gasteiger partial charge >= 0.3 is 0 Å². The fourth-order valence-electron chi connectivity index (χ4n) is 6.02. The van der Waals surface area contributed by atoms with E-state index in [2.05, 4.69) is 6.92 Å². The lowest BCUT2D eigenvalue weighted by molar-refractivity contribution is -0.114. The zero-order chi connectivity index (χ0) is 18.4. The molecule has 120 valence electrons. The normalized spacial score (nSPS) is 59.7. The summed E-state index contributed by atoms with van der Waals surface area (Å²) in [6, 6.07) is -0.198. The third kappa shape index (κ3) is 1.68. The Hall–Kier alpha value is -0.890. The average molecular weight is 303 g/mol. The number of allylic oxidation sites excluding steroid dienone is 4. The maximum absolute atomic E-state index is 12.1. The molecular formula is C20H28O2. The molecule has 0 spiro atoms. The molecule has 0 aromatic heterocycles. The molecule has 0 amide bonds.